The SMILES string of the molecule is COc1ccc(C(CO)N2CCNCC2)cc1OC. The Hall–Kier alpha value is -1.30. The number of benzene rings is 1. The number of piperazine rings is 1. The smallest absolute Gasteiger partial charge is 0.161 e. The summed E-state index contributed by atoms with van der Waals surface area (Å²) in [4.78, 5) is 2.29. The topological polar surface area (TPSA) is 54.0 Å². The predicted octanol–water partition coefficient (Wildman–Crippen LogP) is 0.642. The molecule has 106 valence electrons. The maximum absolute atomic E-state index is 9.69. The normalized spacial score (nSPS) is 18.1. The van der Waals surface area contributed by atoms with Crippen LogP contribution in [0.4, 0.5) is 0 Å². The Morgan fingerprint density at radius 1 is 1.21 bits per heavy atom. The molecule has 1 aromatic rings. The Morgan fingerprint density at radius 2 is 1.89 bits per heavy atom. The van der Waals surface area contributed by atoms with Crippen LogP contribution in [0.1, 0.15) is 11.6 Å². The Bertz CT molecular complexity index is 406. The van der Waals surface area contributed by atoms with Crippen LogP contribution in [0.5, 0.6) is 11.5 Å². The minimum atomic E-state index is 0.0157. The highest BCUT2D eigenvalue weighted by Gasteiger charge is 2.22. The molecule has 1 unspecified atom stereocenters. The fourth-order valence-corrected chi connectivity index (χ4v) is 2.49. The third-order valence-corrected chi connectivity index (χ3v) is 3.56. The molecular weight excluding hydrogens is 244 g/mol. The van der Waals surface area contributed by atoms with Gasteiger partial charge in [-0.2, -0.15) is 0 Å². The van der Waals surface area contributed by atoms with E-state index in [9.17, 15) is 5.11 Å². The van der Waals surface area contributed by atoms with Crippen molar-refractivity contribution < 1.29 is 14.6 Å². The molecule has 2 N–H and O–H groups in total. The third kappa shape index (κ3) is 3.18. The molecule has 1 atom stereocenters. The zero-order valence-electron chi connectivity index (χ0n) is 11.6. The molecule has 0 aliphatic carbocycles. The van der Waals surface area contributed by atoms with Gasteiger partial charge in [0.2, 0.25) is 0 Å². The predicted molar refractivity (Wildman–Crippen MR) is 73.8 cm³/mol. The van der Waals surface area contributed by atoms with Crippen molar-refractivity contribution >= 4 is 0 Å². The summed E-state index contributed by atoms with van der Waals surface area (Å²) in [5, 5.41) is 13.0. The number of hydrogen-bond donors (Lipinski definition) is 2. The van der Waals surface area contributed by atoms with E-state index in [-0.39, 0.29) is 12.6 Å². The van der Waals surface area contributed by atoms with Crippen LogP contribution in [0.25, 0.3) is 0 Å². The highest BCUT2D eigenvalue weighted by molar-refractivity contribution is 5.43. The van der Waals surface area contributed by atoms with Crippen LogP contribution >= 0.6 is 0 Å². The second kappa shape index (κ2) is 6.75. The zero-order chi connectivity index (χ0) is 13.7. The van der Waals surface area contributed by atoms with Gasteiger partial charge >= 0.3 is 0 Å². The molecule has 0 bridgehead atoms. The van der Waals surface area contributed by atoms with E-state index >= 15 is 0 Å². The van der Waals surface area contributed by atoms with Gasteiger partial charge in [0.1, 0.15) is 0 Å². The largest absolute Gasteiger partial charge is 0.493 e. The quantitative estimate of drug-likeness (QED) is 0.819. The third-order valence-electron chi connectivity index (χ3n) is 3.56. The van der Waals surface area contributed by atoms with E-state index in [0.717, 1.165) is 31.7 Å². The number of aliphatic hydroxyl groups is 1. The van der Waals surface area contributed by atoms with Crippen molar-refractivity contribution in [1.29, 1.82) is 0 Å². The number of nitrogens with one attached hydrogen (secondary N) is 1. The lowest BCUT2D eigenvalue weighted by atomic mass is 10.0. The fourth-order valence-electron chi connectivity index (χ4n) is 2.49. The second-order valence-electron chi connectivity index (χ2n) is 4.60. The van der Waals surface area contributed by atoms with E-state index in [1.54, 1.807) is 14.2 Å². The van der Waals surface area contributed by atoms with Gasteiger partial charge in [0.15, 0.2) is 11.5 Å². The number of aliphatic hydroxyl groups excluding tert-OH is 1. The van der Waals surface area contributed by atoms with Crippen LogP contribution in [0.3, 0.4) is 0 Å². The summed E-state index contributed by atoms with van der Waals surface area (Å²) in [5.41, 5.74) is 1.06. The Balaban J connectivity index is 2.22. The molecule has 0 radical (unpaired) electrons. The summed E-state index contributed by atoms with van der Waals surface area (Å²) < 4.78 is 10.6. The molecule has 0 amide bonds. The first-order valence-corrected chi connectivity index (χ1v) is 6.57. The van der Waals surface area contributed by atoms with Crippen molar-refractivity contribution in [3.63, 3.8) is 0 Å². The first kappa shape index (κ1) is 14.1. The number of ether oxygens (including phenoxy) is 2. The van der Waals surface area contributed by atoms with Crippen LogP contribution in [0.15, 0.2) is 18.2 Å². The van der Waals surface area contributed by atoms with Crippen molar-refractivity contribution in [2.24, 2.45) is 0 Å². The Kier molecular flexibility index (Phi) is 5.01. The molecular formula is C14H22N2O3. The van der Waals surface area contributed by atoms with Crippen LogP contribution < -0.4 is 14.8 Å². The minimum Gasteiger partial charge on any atom is -0.493 e. The molecule has 0 saturated carbocycles. The Labute approximate surface area is 114 Å². The summed E-state index contributed by atoms with van der Waals surface area (Å²) in [6, 6.07) is 5.84. The van der Waals surface area contributed by atoms with Crippen LogP contribution in [-0.4, -0.2) is 57.0 Å². The van der Waals surface area contributed by atoms with Gasteiger partial charge in [0.25, 0.3) is 0 Å². The summed E-state index contributed by atoms with van der Waals surface area (Å²) in [5.74, 6) is 1.41. The van der Waals surface area contributed by atoms with Gasteiger partial charge in [0.05, 0.1) is 26.9 Å². The van der Waals surface area contributed by atoms with E-state index in [1.807, 2.05) is 18.2 Å². The van der Waals surface area contributed by atoms with Gasteiger partial charge in [0, 0.05) is 26.2 Å². The van der Waals surface area contributed by atoms with Gasteiger partial charge in [-0.1, -0.05) is 6.07 Å². The maximum atomic E-state index is 9.69. The molecule has 1 saturated heterocycles. The van der Waals surface area contributed by atoms with E-state index in [2.05, 4.69) is 10.2 Å². The summed E-state index contributed by atoms with van der Waals surface area (Å²) in [6.07, 6.45) is 0. The maximum Gasteiger partial charge on any atom is 0.161 e. The minimum absolute atomic E-state index is 0.0157. The molecule has 1 aliphatic rings. The van der Waals surface area contributed by atoms with Crippen molar-refractivity contribution in [3.05, 3.63) is 23.8 Å². The van der Waals surface area contributed by atoms with Gasteiger partial charge in [-0.15, -0.1) is 0 Å². The Morgan fingerprint density at radius 3 is 2.47 bits per heavy atom. The highest BCUT2D eigenvalue weighted by atomic mass is 16.5. The lowest BCUT2D eigenvalue weighted by Crippen LogP contribution is -2.46. The van der Waals surface area contributed by atoms with Crippen LogP contribution in [0.2, 0.25) is 0 Å². The van der Waals surface area contributed by atoms with Crippen LogP contribution in [0, 0.1) is 0 Å². The molecule has 1 heterocycles. The van der Waals surface area contributed by atoms with E-state index in [0.29, 0.717) is 11.5 Å². The first-order chi connectivity index (χ1) is 9.30. The fraction of sp³-hybridized carbons (Fsp3) is 0.571. The number of hydrogen-bond acceptors (Lipinski definition) is 5. The van der Waals surface area contributed by atoms with E-state index in [1.165, 1.54) is 0 Å². The molecule has 1 fully saturated rings. The molecule has 0 aromatic heterocycles. The van der Waals surface area contributed by atoms with Gasteiger partial charge in [-0.25, -0.2) is 0 Å². The second-order valence-corrected chi connectivity index (χ2v) is 4.60. The van der Waals surface area contributed by atoms with E-state index in [4.69, 9.17) is 9.47 Å². The molecule has 19 heavy (non-hydrogen) atoms. The van der Waals surface area contributed by atoms with Crippen LogP contribution in [-0.2, 0) is 0 Å². The van der Waals surface area contributed by atoms with Crippen molar-refractivity contribution in [1.82, 2.24) is 10.2 Å². The van der Waals surface area contributed by atoms with Gasteiger partial charge in [-0.3, -0.25) is 4.90 Å². The monoisotopic (exact) mass is 266 g/mol. The number of methoxy groups -OCH3 is 2. The summed E-state index contributed by atoms with van der Waals surface area (Å²) in [6.45, 7) is 3.92. The molecule has 0 spiro atoms. The van der Waals surface area contributed by atoms with Crippen molar-refractivity contribution in [2.45, 2.75) is 6.04 Å². The first-order valence-electron chi connectivity index (χ1n) is 6.57. The van der Waals surface area contributed by atoms with Gasteiger partial charge in [-0.05, 0) is 17.7 Å². The molecule has 2 rings (SSSR count). The molecule has 1 aromatic carbocycles. The lowest BCUT2D eigenvalue weighted by Gasteiger charge is -2.34. The molecule has 5 nitrogen and oxygen atoms in total. The summed E-state index contributed by atoms with van der Waals surface area (Å²) >= 11 is 0. The molecule has 1 aliphatic heterocycles. The number of rotatable bonds is 5. The zero-order valence-corrected chi connectivity index (χ0v) is 11.6. The summed E-state index contributed by atoms with van der Waals surface area (Å²) in [7, 11) is 3.25. The van der Waals surface area contributed by atoms with E-state index < -0.39 is 0 Å². The van der Waals surface area contributed by atoms with Crippen molar-refractivity contribution in [2.75, 3.05) is 47.0 Å². The molecule has 5 heteroatoms. The average molecular weight is 266 g/mol. The average Bonchev–Trinajstić information content (AvgIpc) is 2.49. The number of nitrogens with zero attached hydrogens (tertiary/aromatic N) is 1. The highest BCUT2D eigenvalue weighted by Crippen LogP contribution is 2.31. The van der Waals surface area contributed by atoms with Crippen molar-refractivity contribution in [3.8, 4) is 11.5 Å². The lowest BCUT2D eigenvalue weighted by molar-refractivity contribution is 0.110. The van der Waals surface area contributed by atoms with Gasteiger partial charge < -0.3 is 19.9 Å². The standard InChI is InChI=1S/C14H22N2O3/c1-18-13-4-3-11(9-14(13)19-2)12(10-17)16-7-5-15-6-8-16/h3-4,9,12,15,17H,5-8,10H2,1-2H3.